The van der Waals surface area contributed by atoms with E-state index in [2.05, 4.69) is 5.16 Å². The third-order valence-electron chi connectivity index (χ3n) is 1.77. The molecule has 1 aromatic rings. The Morgan fingerprint density at radius 3 is 2.64 bits per heavy atom. The molecule has 0 heterocycles. The molecule has 3 N–H and O–H groups in total. The van der Waals surface area contributed by atoms with Crippen molar-refractivity contribution in [2.45, 2.75) is 13.5 Å². The summed E-state index contributed by atoms with van der Waals surface area (Å²) in [5, 5.41) is 11.1. The molecule has 0 aliphatic carbocycles. The van der Waals surface area contributed by atoms with Gasteiger partial charge in [-0.3, -0.25) is 0 Å². The Balaban J connectivity index is 2.35. The molecule has 0 amide bonds. The molecule has 0 radical (unpaired) electrons. The van der Waals surface area contributed by atoms with Crippen molar-refractivity contribution >= 4 is 5.84 Å². The monoisotopic (exact) mass is 194 g/mol. The van der Waals surface area contributed by atoms with Gasteiger partial charge in [0.15, 0.2) is 5.84 Å². The summed E-state index contributed by atoms with van der Waals surface area (Å²) in [5.74, 6) is 0.0807. The van der Waals surface area contributed by atoms with E-state index in [1.807, 2.05) is 31.2 Å². The van der Waals surface area contributed by atoms with Gasteiger partial charge in [0, 0.05) is 0 Å². The number of nitrogens with zero attached hydrogens (tertiary/aromatic N) is 1. The molecule has 0 spiro atoms. The van der Waals surface area contributed by atoms with E-state index in [1.165, 1.54) is 5.56 Å². The highest BCUT2D eigenvalue weighted by atomic mass is 16.5. The number of ether oxygens (including phenoxy) is 1. The molecule has 0 unspecified atom stereocenters. The van der Waals surface area contributed by atoms with Crippen LogP contribution in [0.4, 0.5) is 0 Å². The maximum absolute atomic E-state index is 8.25. The van der Waals surface area contributed by atoms with Gasteiger partial charge >= 0.3 is 0 Å². The summed E-state index contributed by atoms with van der Waals surface area (Å²) in [5.41, 5.74) is 7.52. The van der Waals surface area contributed by atoms with Gasteiger partial charge in [0.25, 0.3) is 0 Å². The highest BCUT2D eigenvalue weighted by Gasteiger charge is 1.95. The van der Waals surface area contributed by atoms with Crippen molar-refractivity contribution in [2.24, 2.45) is 10.9 Å². The molecule has 4 heteroatoms. The predicted octanol–water partition coefficient (Wildman–Crippen LogP) is 1.26. The van der Waals surface area contributed by atoms with Gasteiger partial charge in [0.1, 0.15) is 6.61 Å². The molecule has 1 aromatic carbocycles. The van der Waals surface area contributed by atoms with E-state index in [9.17, 15) is 0 Å². The van der Waals surface area contributed by atoms with Crippen molar-refractivity contribution in [1.29, 1.82) is 0 Å². The van der Waals surface area contributed by atoms with Crippen molar-refractivity contribution in [3.05, 3.63) is 35.4 Å². The van der Waals surface area contributed by atoms with E-state index in [-0.39, 0.29) is 12.4 Å². The molecule has 0 saturated heterocycles. The molecule has 0 saturated carbocycles. The van der Waals surface area contributed by atoms with Crippen LogP contribution in [0.15, 0.2) is 29.4 Å². The van der Waals surface area contributed by atoms with Crippen molar-refractivity contribution in [3.63, 3.8) is 0 Å². The molecule has 0 atom stereocenters. The van der Waals surface area contributed by atoms with Crippen LogP contribution < -0.4 is 5.73 Å². The Labute approximate surface area is 83.0 Å². The minimum absolute atomic E-state index is 0.0807. The van der Waals surface area contributed by atoms with Gasteiger partial charge in [-0.15, -0.1) is 0 Å². The summed E-state index contributed by atoms with van der Waals surface area (Å²) in [6.45, 7) is 2.64. The highest BCUT2D eigenvalue weighted by Crippen LogP contribution is 2.04. The Hall–Kier alpha value is -1.55. The lowest BCUT2D eigenvalue weighted by Gasteiger charge is -2.03. The molecule has 1 rings (SSSR count). The maximum atomic E-state index is 8.25. The Kier molecular flexibility index (Phi) is 3.94. The Morgan fingerprint density at radius 2 is 2.07 bits per heavy atom. The molecule has 0 bridgehead atoms. The fraction of sp³-hybridized carbons (Fsp3) is 0.300. The number of rotatable bonds is 4. The second-order valence-electron chi connectivity index (χ2n) is 3.07. The highest BCUT2D eigenvalue weighted by molar-refractivity contribution is 5.80. The van der Waals surface area contributed by atoms with E-state index in [0.717, 1.165) is 5.56 Å². The number of amidine groups is 1. The lowest BCUT2D eigenvalue weighted by atomic mass is 10.2. The molecule has 0 fully saturated rings. The van der Waals surface area contributed by atoms with E-state index in [1.54, 1.807) is 0 Å². The van der Waals surface area contributed by atoms with E-state index < -0.39 is 0 Å². The molecule has 0 aliphatic rings. The smallest absolute Gasteiger partial charge is 0.165 e. The van der Waals surface area contributed by atoms with Gasteiger partial charge in [-0.25, -0.2) is 0 Å². The molecule has 4 nitrogen and oxygen atoms in total. The molecular weight excluding hydrogens is 180 g/mol. The van der Waals surface area contributed by atoms with Crippen LogP contribution in [0.2, 0.25) is 0 Å². The zero-order valence-corrected chi connectivity index (χ0v) is 8.10. The van der Waals surface area contributed by atoms with Crippen LogP contribution in [0.5, 0.6) is 0 Å². The zero-order valence-electron chi connectivity index (χ0n) is 8.10. The quantitative estimate of drug-likeness (QED) is 0.328. The van der Waals surface area contributed by atoms with Crippen molar-refractivity contribution in [1.82, 2.24) is 0 Å². The largest absolute Gasteiger partial charge is 0.409 e. The van der Waals surface area contributed by atoms with Crippen LogP contribution >= 0.6 is 0 Å². The van der Waals surface area contributed by atoms with Crippen LogP contribution in [0.1, 0.15) is 11.1 Å². The van der Waals surface area contributed by atoms with Gasteiger partial charge in [0.2, 0.25) is 0 Å². The first-order chi connectivity index (χ1) is 6.72. The van der Waals surface area contributed by atoms with Crippen molar-refractivity contribution < 1.29 is 9.94 Å². The summed E-state index contributed by atoms with van der Waals surface area (Å²) in [4.78, 5) is 0. The lowest BCUT2D eigenvalue weighted by molar-refractivity contribution is 0.154. The SMILES string of the molecule is Cc1ccc(COC/C(N)=N/O)cc1. The fourth-order valence-electron chi connectivity index (χ4n) is 0.987. The number of hydrogen-bond acceptors (Lipinski definition) is 3. The number of benzene rings is 1. The average molecular weight is 194 g/mol. The first kappa shape index (κ1) is 10.5. The first-order valence-corrected chi connectivity index (χ1v) is 4.32. The van der Waals surface area contributed by atoms with Crippen molar-refractivity contribution in [3.8, 4) is 0 Å². The summed E-state index contributed by atoms with van der Waals surface area (Å²) in [7, 11) is 0. The van der Waals surface area contributed by atoms with Gasteiger partial charge < -0.3 is 15.7 Å². The van der Waals surface area contributed by atoms with Crippen molar-refractivity contribution in [2.75, 3.05) is 6.61 Å². The topological polar surface area (TPSA) is 67.8 Å². The number of hydrogen-bond donors (Lipinski definition) is 2. The normalized spacial score (nSPS) is 11.6. The van der Waals surface area contributed by atoms with Crippen LogP contribution in [-0.2, 0) is 11.3 Å². The molecule has 0 aliphatic heterocycles. The third-order valence-corrected chi connectivity index (χ3v) is 1.77. The lowest BCUT2D eigenvalue weighted by Crippen LogP contribution is -2.18. The minimum Gasteiger partial charge on any atom is -0.409 e. The second kappa shape index (κ2) is 5.24. The van der Waals surface area contributed by atoms with Gasteiger partial charge in [-0.1, -0.05) is 35.0 Å². The standard InChI is InChI=1S/C10H14N2O2/c1-8-2-4-9(5-3-8)6-14-7-10(11)12-13/h2-5,13H,6-7H2,1H3,(H2,11,12). The van der Waals surface area contributed by atoms with Crippen LogP contribution in [-0.4, -0.2) is 17.6 Å². The zero-order chi connectivity index (χ0) is 10.4. The van der Waals surface area contributed by atoms with Crippen LogP contribution in [0, 0.1) is 6.92 Å². The van der Waals surface area contributed by atoms with Crippen LogP contribution in [0.25, 0.3) is 0 Å². The van der Waals surface area contributed by atoms with Gasteiger partial charge in [-0.05, 0) is 12.5 Å². The third kappa shape index (κ3) is 3.45. The van der Waals surface area contributed by atoms with Gasteiger partial charge in [-0.2, -0.15) is 0 Å². The maximum Gasteiger partial charge on any atom is 0.165 e. The molecular formula is C10H14N2O2. The molecule has 0 aromatic heterocycles. The summed E-state index contributed by atoms with van der Waals surface area (Å²) in [6, 6.07) is 8.01. The minimum atomic E-state index is 0.0807. The van der Waals surface area contributed by atoms with E-state index in [4.69, 9.17) is 15.7 Å². The first-order valence-electron chi connectivity index (χ1n) is 4.32. The Bertz CT molecular complexity index is 306. The summed E-state index contributed by atoms with van der Waals surface area (Å²) in [6.07, 6.45) is 0. The van der Waals surface area contributed by atoms with E-state index in [0.29, 0.717) is 6.61 Å². The summed E-state index contributed by atoms with van der Waals surface area (Å²) >= 11 is 0. The number of nitrogens with two attached hydrogens (primary N) is 1. The summed E-state index contributed by atoms with van der Waals surface area (Å²) < 4.78 is 5.20. The van der Waals surface area contributed by atoms with E-state index >= 15 is 0 Å². The predicted molar refractivity (Wildman–Crippen MR) is 54.2 cm³/mol. The number of aryl methyl sites for hydroxylation is 1. The Morgan fingerprint density at radius 1 is 1.43 bits per heavy atom. The average Bonchev–Trinajstić information content (AvgIpc) is 2.21. The fourth-order valence-corrected chi connectivity index (χ4v) is 0.987. The van der Waals surface area contributed by atoms with Crippen LogP contribution in [0.3, 0.4) is 0 Å². The van der Waals surface area contributed by atoms with Gasteiger partial charge in [0.05, 0.1) is 6.61 Å². The molecule has 14 heavy (non-hydrogen) atoms. The molecule has 76 valence electrons. The second-order valence-corrected chi connectivity index (χ2v) is 3.07. The number of oxime groups is 1.